The molecule has 2 rings (SSSR count). The van der Waals surface area contributed by atoms with Gasteiger partial charge in [0.15, 0.2) is 0 Å². The van der Waals surface area contributed by atoms with E-state index in [9.17, 15) is 18.3 Å². The number of nitrogens with zero attached hydrogens (tertiary/aromatic N) is 2. The van der Waals surface area contributed by atoms with Gasteiger partial charge < -0.3 is 10.4 Å². The van der Waals surface area contributed by atoms with Crippen LogP contribution in [0.4, 0.5) is 13.2 Å². The highest BCUT2D eigenvalue weighted by atomic mass is 19.4. The third kappa shape index (κ3) is 4.51. The molecule has 1 heterocycles. The summed E-state index contributed by atoms with van der Waals surface area (Å²) < 4.78 is 37.3. The van der Waals surface area contributed by atoms with Crippen LogP contribution in [0.25, 0.3) is 0 Å². The molecule has 1 aromatic carbocycles. The van der Waals surface area contributed by atoms with Crippen LogP contribution in [-0.4, -0.2) is 21.6 Å². The van der Waals surface area contributed by atoms with Crippen molar-refractivity contribution in [3.05, 3.63) is 59.7 Å². The number of halogens is 3. The molecule has 0 saturated carbocycles. The molecule has 112 valence electrons. The SMILES string of the molecule is OC(CNCc1ccncn1)c1ccc(C(F)(F)F)cc1. The molecule has 4 nitrogen and oxygen atoms in total. The second kappa shape index (κ2) is 6.64. The van der Waals surface area contributed by atoms with Crippen LogP contribution in [0.5, 0.6) is 0 Å². The average molecular weight is 297 g/mol. The van der Waals surface area contributed by atoms with Crippen molar-refractivity contribution < 1.29 is 18.3 Å². The largest absolute Gasteiger partial charge is 0.416 e. The molecule has 2 N–H and O–H groups in total. The highest BCUT2D eigenvalue weighted by Crippen LogP contribution is 2.29. The average Bonchev–Trinajstić information content (AvgIpc) is 2.47. The fourth-order valence-electron chi connectivity index (χ4n) is 1.77. The maximum atomic E-state index is 12.4. The highest BCUT2D eigenvalue weighted by Gasteiger charge is 2.30. The summed E-state index contributed by atoms with van der Waals surface area (Å²) in [4.78, 5) is 7.79. The molecule has 0 amide bonds. The zero-order valence-electron chi connectivity index (χ0n) is 11.0. The first kappa shape index (κ1) is 15.4. The Morgan fingerprint density at radius 2 is 1.86 bits per heavy atom. The normalized spacial score (nSPS) is 13.1. The molecule has 0 spiro atoms. The van der Waals surface area contributed by atoms with Gasteiger partial charge >= 0.3 is 6.18 Å². The van der Waals surface area contributed by atoms with Crippen LogP contribution in [0.1, 0.15) is 22.9 Å². The van der Waals surface area contributed by atoms with E-state index in [1.165, 1.54) is 18.5 Å². The van der Waals surface area contributed by atoms with Crippen molar-refractivity contribution in [3.63, 3.8) is 0 Å². The standard InChI is InChI=1S/C14H14F3N3O/c15-14(16,17)11-3-1-10(2-4-11)13(21)8-19-7-12-5-6-18-9-20-12/h1-6,9,13,19,21H,7-8H2. The van der Waals surface area contributed by atoms with E-state index < -0.39 is 17.8 Å². The van der Waals surface area contributed by atoms with Gasteiger partial charge in [-0.05, 0) is 23.8 Å². The molecule has 0 aliphatic heterocycles. The van der Waals surface area contributed by atoms with Gasteiger partial charge in [0.25, 0.3) is 0 Å². The van der Waals surface area contributed by atoms with Crippen molar-refractivity contribution in [2.24, 2.45) is 0 Å². The summed E-state index contributed by atoms with van der Waals surface area (Å²) in [7, 11) is 0. The molecule has 0 bridgehead atoms. The number of benzene rings is 1. The number of rotatable bonds is 5. The Balaban J connectivity index is 1.87. The first-order valence-electron chi connectivity index (χ1n) is 6.27. The van der Waals surface area contributed by atoms with Crippen molar-refractivity contribution in [3.8, 4) is 0 Å². The number of aromatic nitrogens is 2. The Hall–Kier alpha value is -1.99. The van der Waals surface area contributed by atoms with Crippen LogP contribution in [0.15, 0.2) is 42.9 Å². The van der Waals surface area contributed by atoms with Gasteiger partial charge in [0.1, 0.15) is 6.33 Å². The van der Waals surface area contributed by atoms with Crippen molar-refractivity contribution >= 4 is 0 Å². The van der Waals surface area contributed by atoms with Gasteiger partial charge in [-0.25, -0.2) is 9.97 Å². The van der Waals surface area contributed by atoms with Crippen LogP contribution in [0.3, 0.4) is 0 Å². The van der Waals surface area contributed by atoms with Crippen molar-refractivity contribution in [2.45, 2.75) is 18.8 Å². The van der Waals surface area contributed by atoms with Gasteiger partial charge in [-0.15, -0.1) is 0 Å². The Morgan fingerprint density at radius 1 is 1.14 bits per heavy atom. The molecular formula is C14H14F3N3O. The van der Waals surface area contributed by atoms with Crippen LogP contribution in [0, 0.1) is 0 Å². The molecule has 0 aliphatic carbocycles. The lowest BCUT2D eigenvalue weighted by Gasteiger charge is -2.13. The lowest BCUT2D eigenvalue weighted by atomic mass is 10.1. The zero-order chi connectivity index (χ0) is 15.3. The third-order valence-electron chi connectivity index (χ3n) is 2.91. The summed E-state index contributed by atoms with van der Waals surface area (Å²) >= 11 is 0. The van der Waals surface area contributed by atoms with E-state index in [2.05, 4.69) is 15.3 Å². The molecule has 2 aromatic rings. The second-order valence-electron chi connectivity index (χ2n) is 4.47. The van der Waals surface area contributed by atoms with E-state index in [4.69, 9.17) is 0 Å². The summed E-state index contributed by atoms with van der Waals surface area (Å²) in [6.45, 7) is 0.662. The molecule has 0 aliphatic rings. The van der Waals surface area contributed by atoms with Crippen LogP contribution >= 0.6 is 0 Å². The maximum absolute atomic E-state index is 12.4. The minimum Gasteiger partial charge on any atom is -0.387 e. The highest BCUT2D eigenvalue weighted by molar-refractivity contribution is 5.26. The van der Waals surface area contributed by atoms with Crippen LogP contribution in [0.2, 0.25) is 0 Å². The number of nitrogens with one attached hydrogen (secondary N) is 1. The van der Waals surface area contributed by atoms with E-state index in [1.54, 1.807) is 12.3 Å². The summed E-state index contributed by atoms with van der Waals surface area (Å²) in [5, 5.41) is 12.9. The number of hydrogen-bond donors (Lipinski definition) is 2. The summed E-state index contributed by atoms with van der Waals surface area (Å²) in [5.41, 5.74) is 0.468. The Morgan fingerprint density at radius 3 is 2.43 bits per heavy atom. The van der Waals surface area contributed by atoms with E-state index in [0.717, 1.165) is 17.8 Å². The molecule has 0 fully saturated rings. The summed E-state index contributed by atoms with van der Waals surface area (Å²) in [5.74, 6) is 0. The number of aliphatic hydroxyl groups is 1. The zero-order valence-corrected chi connectivity index (χ0v) is 11.0. The van der Waals surface area contributed by atoms with Gasteiger partial charge in [0, 0.05) is 19.3 Å². The van der Waals surface area contributed by atoms with Crippen molar-refractivity contribution in [2.75, 3.05) is 6.54 Å². The fraction of sp³-hybridized carbons (Fsp3) is 0.286. The number of alkyl halides is 3. The third-order valence-corrected chi connectivity index (χ3v) is 2.91. The van der Waals surface area contributed by atoms with Gasteiger partial charge in [-0.1, -0.05) is 12.1 Å². The van der Waals surface area contributed by atoms with Crippen LogP contribution in [-0.2, 0) is 12.7 Å². The molecule has 1 unspecified atom stereocenters. The predicted molar refractivity (Wildman–Crippen MR) is 70.1 cm³/mol. The molecule has 7 heteroatoms. The lowest BCUT2D eigenvalue weighted by molar-refractivity contribution is -0.137. The quantitative estimate of drug-likeness (QED) is 0.889. The Kier molecular flexibility index (Phi) is 4.87. The van der Waals surface area contributed by atoms with E-state index in [0.29, 0.717) is 12.1 Å². The van der Waals surface area contributed by atoms with E-state index >= 15 is 0 Å². The molecule has 0 radical (unpaired) electrons. The second-order valence-corrected chi connectivity index (χ2v) is 4.47. The minimum absolute atomic E-state index is 0.218. The topological polar surface area (TPSA) is 58.0 Å². The van der Waals surface area contributed by atoms with Crippen molar-refractivity contribution in [1.82, 2.24) is 15.3 Å². The summed E-state index contributed by atoms with van der Waals surface area (Å²) in [6, 6.07) is 6.21. The van der Waals surface area contributed by atoms with Gasteiger partial charge in [0.05, 0.1) is 17.4 Å². The monoisotopic (exact) mass is 297 g/mol. The minimum atomic E-state index is -4.37. The van der Waals surface area contributed by atoms with Gasteiger partial charge in [-0.3, -0.25) is 0 Å². The number of aliphatic hydroxyl groups excluding tert-OH is 1. The number of hydrogen-bond acceptors (Lipinski definition) is 4. The Labute approximate surface area is 119 Å². The first-order chi connectivity index (χ1) is 9.97. The predicted octanol–water partition coefficient (Wildman–Crippen LogP) is 2.32. The smallest absolute Gasteiger partial charge is 0.387 e. The fourth-order valence-corrected chi connectivity index (χ4v) is 1.77. The Bertz CT molecular complexity index is 558. The van der Waals surface area contributed by atoms with E-state index in [1.807, 2.05) is 0 Å². The molecule has 1 aromatic heterocycles. The molecule has 1 atom stereocenters. The molecule has 0 saturated heterocycles. The maximum Gasteiger partial charge on any atom is 0.416 e. The van der Waals surface area contributed by atoms with E-state index in [-0.39, 0.29) is 6.54 Å². The first-order valence-corrected chi connectivity index (χ1v) is 6.27. The van der Waals surface area contributed by atoms with Gasteiger partial charge in [-0.2, -0.15) is 13.2 Å². The molecular weight excluding hydrogens is 283 g/mol. The summed E-state index contributed by atoms with van der Waals surface area (Å²) in [6.07, 6.45) is -2.22. The van der Waals surface area contributed by atoms with Gasteiger partial charge in [0.2, 0.25) is 0 Å². The van der Waals surface area contributed by atoms with Crippen LogP contribution < -0.4 is 5.32 Å². The lowest BCUT2D eigenvalue weighted by Crippen LogP contribution is -2.21. The molecule has 21 heavy (non-hydrogen) atoms. The van der Waals surface area contributed by atoms with Crippen molar-refractivity contribution in [1.29, 1.82) is 0 Å².